The second-order valence-electron chi connectivity index (χ2n) is 3.76. The summed E-state index contributed by atoms with van der Waals surface area (Å²) >= 11 is 0. The number of carbonyl (C=O) groups excluding carboxylic acids is 1. The molecular weight excluding hydrogens is 212 g/mol. The van der Waals surface area contributed by atoms with E-state index in [2.05, 4.69) is 17.2 Å². The number of rotatable bonds is 2. The van der Waals surface area contributed by atoms with E-state index in [0.717, 1.165) is 11.3 Å². The number of urea groups is 1. The summed E-state index contributed by atoms with van der Waals surface area (Å²) in [5.41, 5.74) is 1.64. The number of hydrogen-bond donors (Lipinski definition) is 2. The number of amides is 2. The minimum absolute atomic E-state index is 0.135. The number of carbonyl (C=O) groups is 1. The monoisotopic (exact) mass is 226 g/mol. The van der Waals surface area contributed by atoms with Crippen molar-refractivity contribution in [1.29, 1.82) is 0 Å². The maximum Gasteiger partial charge on any atom is 0.319 e. The standard InChI is InChI=1S/C14H14N2O/c1-11-7-5-6-10-13(11)16-14(17)15-12-8-3-2-4-9-12/h2-10,13H,1H2,(H2,15,16,17). The van der Waals surface area contributed by atoms with Crippen LogP contribution in [0.3, 0.4) is 0 Å². The molecule has 1 atom stereocenters. The largest absolute Gasteiger partial charge is 0.328 e. The number of benzene rings is 1. The highest BCUT2D eigenvalue weighted by Crippen LogP contribution is 2.10. The molecule has 86 valence electrons. The zero-order valence-electron chi connectivity index (χ0n) is 9.39. The van der Waals surface area contributed by atoms with Crippen molar-refractivity contribution in [2.45, 2.75) is 6.04 Å². The van der Waals surface area contributed by atoms with E-state index in [1.54, 1.807) is 0 Å². The molecule has 0 heterocycles. The van der Waals surface area contributed by atoms with Crippen LogP contribution >= 0.6 is 0 Å². The lowest BCUT2D eigenvalue weighted by Crippen LogP contribution is -2.37. The van der Waals surface area contributed by atoms with Crippen LogP contribution in [0.1, 0.15) is 0 Å². The Morgan fingerprint density at radius 3 is 2.65 bits per heavy atom. The Labute approximate surface area is 101 Å². The third kappa shape index (κ3) is 3.08. The molecular formula is C14H14N2O. The highest BCUT2D eigenvalue weighted by molar-refractivity contribution is 5.89. The van der Waals surface area contributed by atoms with E-state index in [0.29, 0.717) is 0 Å². The van der Waals surface area contributed by atoms with Crippen LogP contribution in [0.4, 0.5) is 10.5 Å². The quantitative estimate of drug-likeness (QED) is 0.800. The van der Waals surface area contributed by atoms with Gasteiger partial charge in [0.05, 0.1) is 6.04 Å². The molecule has 1 aromatic rings. The summed E-state index contributed by atoms with van der Waals surface area (Å²) < 4.78 is 0. The molecule has 0 aliphatic heterocycles. The van der Waals surface area contributed by atoms with E-state index in [4.69, 9.17) is 0 Å². The summed E-state index contributed by atoms with van der Waals surface area (Å²) in [5, 5.41) is 5.59. The van der Waals surface area contributed by atoms with Gasteiger partial charge in [-0.2, -0.15) is 0 Å². The summed E-state index contributed by atoms with van der Waals surface area (Å²) in [6, 6.07) is 8.96. The van der Waals surface area contributed by atoms with Crippen LogP contribution in [0.25, 0.3) is 0 Å². The van der Waals surface area contributed by atoms with Crippen molar-refractivity contribution in [3.05, 3.63) is 66.8 Å². The molecule has 0 fully saturated rings. The highest BCUT2D eigenvalue weighted by Gasteiger charge is 2.12. The lowest BCUT2D eigenvalue weighted by Gasteiger charge is -2.17. The Morgan fingerprint density at radius 2 is 1.94 bits per heavy atom. The van der Waals surface area contributed by atoms with Gasteiger partial charge >= 0.3 is 6.03 Å². The number of hydrogen-bond acceptors (Lipinski definition) is 1. The van der Waals surface area contributed by atoms with Gasteiger partial charge in [-0.15, -0.1) is 0 Å². The second-order valence-corrected chi connectivity index (χ2v) is 3.76. The van der Waals surface area contributed by atoms with Gasteiger partial charge in [0.25, 0.3) is 0 Å². The van der Waals surface area contributed by atoms with Gasteiger partial charge in [-0.05, 0) is 17.7 Å². The zero-order chi connectivity index (χ0) is 12.1. The minimum atomic E-state index is -0.234. The van der Waals surface area contributed by atoms with E-state index in [9.17, 15) is 4.79 Å². The molecule has 0 saturated heterocycles. The Hall–Kier alpha value is -2.29. The predicted octanol–water partition coefficient (Wildman–Crippen LogP) is 2.86. The molecule has 17 heavy (non-hydrogen) atoms. The highest BCUT2D eigenvalue weighted by atomic mass is 16.2. The molecule has 1 aromatic carbocycles. The van der Waals surface area contributed by atoms with Crippen LogP contribution in [0.2, 0.25) is 0 Å². The van der Waals surface area contributed by atoms with Crippen LogP contribution in [0.5, 0.6) is 0 Å². The molecule has 0 bridgehead atoms. The van der Waals surface area contributed by atoms with E-state index >= 15 is 0 Å². The molecule has 3 heteroatoms. The lowest BCUT2D eigenvalue weighted by molar-refractivity contribution is 0.251. The molecule has 2 rings (SSSR count). The van der Waals surface area contributed by atoms with Gasteiger partial charge in [0, 0.05) is 5.69 Å². The maximum atomic E-state index is 11.7. The van der Waals surface area contributed by atoms with Gasteiger partial charge < -0.3 is 10.6 Å². The van der Waals surface area contributed by atoms with Crippen LogP contribution in [-0.2, 0) is 0 Å². The van der Waals surface area contributed by atoms with Gasteiger partial charge in [0.15, 0.2) is 0 Å². The molecule has 0 radical (unpaired) electrons. The first-order valence-corrected chi connectivity index (χ1v) is 5.42. The molecule has 1 aliphatic rings. The van der Waals surface area contributed by atoms with Crippen molar-refractivity contribution in [3.63, 3.8) is 0 Å². The van der Waals surface area contributed by atoms with Crippen LogP contribution in [0.15, 0.2) is 66.8 Å². The fraction of sp³-hybridized carbons (Fsp3) is 0.0714. The number of allylic oxidation sites excluding steroid dienone is 2. The van der Waals surface area contributed by atoms with Crippen LogP contribution < -0.4 is 10.6 Å². The van der Waals surface area contributed by atoms with Crippen LogP contribution in [0, 0.1) is 0 Å². The van der Waals surface area contributed by atoms with Crippen molar-refractivity contribution in [3.8, 4) is 0 Å². The van der Waals surface area contributed by atoms with Gasteiger partial charge in [-0.3, -0.25) is 0 Å². The van der Waals surface area contributed by atoms with Crippen molar-refractivity contribution < 1.29 is 4.79 Å². The maximum absolute atomic E-state index is 11.7. The molecule has 1 unspecified atom stereocenters. The Kier molecular flexibility index (Phi) is 3.40. The second kappa shape index (κ2) is 5.16. The summed E-state index contributed by atoms with van der Waals surface area (Å²) in [5.74, 6) is 0. The van der Waals surface area contributed by atoms with E-state index in [-0.39, 0.29) is 12.1 Å². The Bertz CT molecular complexity index is 474. The Balaban J connectivity index is 1.92. The normalized spacial score (nSPS) is 17.9. The van der Waals surface area contributed by atoms with E-state index < -0.39 is 0 Å². The van der Waals surface area contributed by atoms with Gasteiger partial charge in [0.1, 0.15) is 0 Å². The summed E-state index contributed by atoms with van der Waals surface area (Å²) in [7, 11) is 0. The zero-order valence-corrected chi connectivity index (χ0v) is 9.39. The van der Waals surface area contributed by atoms with Crippen molar-refractivity contribution in [2.75, 3.05) is 5.32 Å². The molecule has 2 N–H and O–H groups in total. The fourth-order valence-corrected chi connectivity index (χ4v) is 1.55. The molecule has 0 spiro atoms. The SMILES string of the molecule is C=C1C=CC=CC1NC(=O)Nc1ccccc1. The Morgan fingerprint density at radius 1 is 1.18 bits per heavy atom. The summed E-state index contributed by atoms with van der Waals surface area (Å²) in [4.78, 5) is 11.7. The first-order chi connectivity index (χ1) is 8.25. The van der Waals surface area contributed by atoms with E-state index in [1.807, 2.05) is 54.6 Å². The van der Waals surface area contributed by atoms with Crippen molar-refractivity contribution in [2.24, 2.45) is 0 Å². The van der Waals surface area contributed by atoms with E-state index in [1.165, 1.54) is 0 Å². The summed E-state index contributed by atoms with van der Waals surface area (Å²) in [6.45, 7) is 3.88. The van der Waals surface area contributed by atoms with Crippen molar-refractivity contribution >= 4 is 11.7 Å². The number of anilines is 1. The molecule has 0 aromatic heterocycles. The topological polar surface area (TPSA) is 41.1 Å². The molecule has 2 amide bonds. The van der Waals surface area contributed by atoms with Crippen LogP contribution in [-0.4, -0.2) is 12.1 Å². The fourth-order valence-electron chi connectivity index (χ4n) is 1.55. The first kappa shape index (κ1) is 11.2. The third-order valence-corrected chi connectivity index (χ3v) is 2.44. The molecule has 3 nitrogen and oxygen atoms in total. The minimum Gasteiger partial charge on any atom is -0.328 e. The van der Waals surface area contributed by atoms with Crippen molar-refractivity contribution in [1.82, 2.24) is 5.32 Å². The predicted molar refractivity (Wildman–Crippen MR) is 69.8 cm³/mol. The smallest absolute Gasteiger partial charge is 0.319 e. The van der Waals surface area contributed by atoms with Gasteiger partial charge in [0.2, 0.25) is 0 Å². The first-order valence-electron chi connectivity index (χ1n) is 5.42. The third-order valence-electron chi connectivity index (χ3n) is 2.44. The number of para-hydroxylation sites is 1. The average molecular weight is 226 g/mol. The average Bonchev–Trinajstić information content (AvgIpc) is 2.33. The van der Waals surface area contributed by atoms with Gasteiger partial charge in [-0.1, -0.05) is 49.1 Å². The van der Waals surface area contributed by atoms with Gasteiger partial charge in [-0.25, -0.2) is 4.79 Å². The molecule has 0 saturated carbocycles. The number of nitrogens with one attached hydrogen (secondary N) is 2. The summed E-state index contributed by atoms with van der Waals surface area (Å²) in [6.07, 6.45) is 7.57. The lowest BCUT2D eigenvalue weighted by atomic mass is 10.0. The molecule has 1 aliphatic carbocycles.